The van der Waals surface area contributed by atoms with Crippen LogP contribution in [0.5, 0.6) is 0 Å². The molecule has 2 aliphatic rings. The topological polar surface area (TPSA) is 53.8 Å². The lowest BCUT2D eigenvalue weighted by Gasteiger charge is -2.40. The molecule has 6 nitrogen and oxygen atoms in total. The number of carbonyl (C=O) groups is 1. The molecular formula is C27H33N5O. The molecule has 0 aliphatic carbocycles. The summed E-state index contributed by atoms with van der Waals surface area (Å²) in [6, 6.07) is 23.4. The summed E-state index contributed by atoms with van der Waals surface area (Å²) in [4.78, 5) is 21.9. The molecule has 4 rings (SSSR count). The van der Waals surface area contributed by atoms with Gasteiger partial charge in [-0.25, -0.2) is 0 Å². The average Bonchev–Trinajstić information content (AvgIpc) is 2.89. The number of rotatable bonds is 6. The Kier molecular flexibility index (Phi) is 7.77. The van der Waals surface area contributed by atoms with Crippen molar-refractivity contribution in [2.75, 3.05) is 58.9 Å². The number of nitrogens with zero attached hydrogens (tertiary/aromatic N) is 5. The summed E-state index contributed by atoms with van der Waals surface area (Å²) in [6.45, 7) is 9.65. The lowest BCUT2D eigenvalue weighted by atomic mass is 9.96. The number of nitriles is 1. The normalized spacial score (nSPS) is 18.4. The first-order valence-electron chi connectivity index (χ1n) is 11.9. The van der Waals surface area contributed by atoms with Gasteiger partial charge in [0.25, 0.3) is 5.91 Å². The van der Waals surface area contributed by atoms with Crippen molar-refractivity contribution in [3.05, 3.63) is 83.6 Å². The summed E-state index contributed by atoms with van der Waals surface area (Å²) in [6.07, 6.45) is 1.78. The maximum atomic E-state index is 13.1. The Bertz CT molecular complexity index is 929. The van der Waals surface area contributed by atoms with E-state index in [1.165, 1.54) is 11.1 Å². The summed E-state index contributed by atoms with van der Waals surface area (Å²) in [5.74, 6) is -0.147. The van der Waals surface area contributed by atoms with Crippen LogP contribution >= 0.6 is 0 Å². The van der Waals surface area contributed by atoms with Crippen molar-refractivity contribution in [2.45, 2.75) is 13.0 Å². The molecule has 2 aromatic rings. The lowest BCUT2D eigenvalue weighted by molar-refractivity contribution is -0.128. The first-order valence-corrected chi connectivity index (χ1v) is 11.9. The van der Waals surface area contributed by atoms with Crippen LogP contribution in [0.2, 0.25) is 0 Å². The van der Waals surface area contributed by atoms with Crippen molar-refractivity contribution in [3.63, 3.8) is 0 Å². The van der Waals surface area contributed by atoms with Gasteiger partial charge in [-0.05, 0) is 17.7 Å². The van der Waals surface area contributed by atoms with Crippen molar-refractivity contribution >= 4 is 5.91 Å². The highest BCUT2D eigenvalue weighted by atomic mass is 16.2. The second-order valence-electron chi connectivity index (χ2n) is 8.68. The van der Waals surface area contributed by atoms with E-state index in [2.05, 4.69) is 76.2 Å². The molecule has 2 saturated heterocycles. The predicted molar refractivity (Wildman–Crippen MR) is 130 cm³/mol. The van der Waals surface area contributed by atoms with Gasteiger partial charge in [0.2, 0.25) is 0 Å². The summed E-state index contributed by atoms with van der Waals surface area (Å²) < 4.78 is 0. The maximum absolute atomic E-state index is 13.1. The van der Waals surface area contributed by atoms with Gasteiger partial charge in [0, 0.05) is 58.6 Å². The minimum atomic E-state index is -0.147. The smallest absolute Gasteiger partial charge is 0.266 e. The van der Waals surface area contributed by atoms with Gasteiger partial charge in [-0.1, -0.05) is 67.6 Å². The van der Waals surface area contributed by atoms with Gasteiger partial charge in [0.05, 0.1) is 6.04 Å². The molecule has 172 valence electrons. The van der Waals surface area contributed by atoms with Crippen molar-refractivity contribution in [1.29, 1.82) is 5.26 Å². The molecule has 0 N–H and O–H groups in total. The number of piperazine rings is 2. The van der Waals surface area contributed by atoms with E-state index in [1.807, 2.05) is 17.0 Å². The third-order valence-electron chi connectivity index (χ3n) is 6.71. The summed E-state index contributed by atoms with van der Waals surface area (Å²) in [5, 5.41) is 9.68. The van der Waals surface area contributed by atoms with Gasteiger partial charge in [-0.2, -0.15) is 5.26 Å². The highest BCUT2D eigenvalue weighted by Crippen LogP contribution is 2.29. The van der Waals surface area contributed by atoms with Crippen LogP contribution in [0.25, 0.3) is 0 Å². The highest BCUT2D eigenvalue weighted by molar-refractivity contribution is 5.97. The molecular weight excluding hydrogens is 410 g/mol. The fraction of sp³-hybridized carbons (Fsp3) is 0.407. The summed E-state index contributed by atoms with van der Waals surface area (Å²) in [5.41, 5.74) is 2.76. The SMILES string of the molecule is CCN1CCN(/C=C(/C#N)C(=O)N2CCN(C(c3ccccc3)c3ccccc3)CC2)CC1. The Labute approximate surface area is 197 Å². The van der Waals surface area contributed by atoms with Crippen LogP contribution in [0.3, 0.4) is 0 Å². The Morgan fingerprint density at radius 3 is 1.91 bits per heavy atom. The third-order valence-corrected chi connectivity index (χ3v) is 6.71. The van der Waals surface area contributed by atoms with Gasteiger partial charge < -0.3 is 14.7 Å². The molecule has 6 heteroatoms. The van der Waals surface area contributed by atoms with Crippen LogP contribution in [0.15, 0.2) is 72.4 Å². The van der Waals surface area contributed by atoms with Crippen LogP contribution in [0, 0.1) is 11.3 Å². The van der Waals surface area contributed by atoms with Gasteiger partial charge >= 0.3 is 0 Å². The Hall–Kier alpha value is -3.14. The van der Waals surface area contributed by atoms with E-state index >= 15 is 0 Å². The van der Waals surface area contributed by atoms with Crippen LogP contribution in [0.4, 0.5) is 0 Å². The minimum absolute atomic E-state index is 0.147. The molecule has 0 atom stereocenters. The van der Waals surface area contributed by atoms with E-state index in [0.29, 0.717) is 13.1 Å². The zero-order chi connectivity index (χ0) is 23.0. The highest BCUT2D eigenvalue weighted by Gasteiger charge is 2.29. The zero-order valence-corrected chi connectivity index (χ0v) is 19.4. The fourth-order valence-corrected chi connectivity index (χ4v) is 4.76. The van der Waals surface area contributed by atoms with Crippen molar-refractivity contribution in [1.82, 2.24) is 19.6 Å². The molecule has 1 amide bonds. The van der Waals surface area contributed by atoms with E-state index in [1.54, 1.807) is 6.20 Å². The zero-order valence-electron chi connectivity index (χ0n) is 19.4. The molecule has 0 aromatic heterocycles. The monoisotopic (exact) mass is 443 g/mol. The molecule has 0 unspecified atom stereocenters. The van der Waals surface area contributed by atoms with Gasteiger partial charge in [-0.15, -0.1) is 0 Å². The van der Waals surface area contributed by atoms with Crippen LogP contribution in [-0.2, 0) is 4.79 Å². The van der Waals surface area contributed by atoms with Gasteiger partial charge in [0.15, 0.2) is 0 Å². The average molecular weight is 444 g/mol. The molecule has 2 aromatic carbocycles. The Balaban J connectivity index is 1.42. The van der Waals surface area contributed by atoms with Crippen molar-refractivity contribution < 1.29 is 4.79 Å². The van der Waals surface area contributed by atoms with Crippen LogP contribution in [0.1, 0.15) is 24.1 Å². The number of carbonyl (C=O) groups excluding carboxylic acids is 1. The van der Waals surface area contributed by atoms with Crippen molar-refractivity contribution in [3.8, 4) is 6.07 Å². The van der Waals surface area contributed by atoms with Crippen LogP contribution in [-0.4, -0.2) is 84.4 Å². The van der Waals surface area contributed by atoms with Gasteiger partial charge in [0.1, 0.15) is 11.6 Å². The lowest BCUT2D eigenvalue weighted by Crippen LogP contribution is -2.50. The molecule has 0 saturated carbocycles. The Morgan fingerprint density at radius 1 is 0.879 bits per heavy atom. The van der Waals surface area contributed by atoms with Crippen molar-refractivity contribution in [2.24, 2.45) is 0 Å². The first kappa shape index (κ1) is 23.0. The molecule has 0 radical (unpaired) electrons. The maximum Gasteiger partial charge on any atom is 0.266 e. The van der Waals surface area contributed by atoms with Gasteiger partial charge in [-0.3, -0.25) is 9.69 Å². The summed E-state index contributed by atoms with van der Waals surface area (Å²) >= 11 is 0. The van der Waals surface area contributed by atoms with E-state index in [9.17, 15) is 10.1 Å². The van der Waals surface area contributed by atoms with E-state index in [0.717, 1.165) is 45.8 Å². The molecule has 0 bridgehead atoms. The molecule has 2 heterocycles. The summed E-state index contributed by atoms with van der Waals surface area (Å²) in [7, 11) is 0. The number of hydrogen-bond donors (Lipinski definition) is 0. The molecule has 2 aliphatic heterocycles. The number of benzene rings is 2. The second-order valence-corrected chi connectivity index (χ2v) is 8.68. The third kappa shape index (κ3) is 5.62. The quantitative estimate of drug-likeness (QED) is 0.508. The molecule has 2 fully saturated rings. The number of amides is 1. The van der Waals surface area contributed by atoms with E-state index in [4.69, 9.17) is 0 Å². The predicted octanol–water partition coefficient (Wildman–Crippen LogP) is 2.97. The number of hydrogen-bond acceptors (Lipinski definition) is 5. The van der Waals surface area contributed by atoms with Crippen LogP contribution < -0.4 is 0 Å². The largest absolute Gasteiger partial charge is 0.374 e. The standard InChI is InChI=1S/C27H33N5O/c1-2-29-13-15-30(16-14-29)22-25(21-28)27(33)32-19-17-31(18-20-32)26(23-9-5-3-6-10-23)24-11-7-4-8-12-24/h3-12,22,26H,2,13-20H2,1H3/b25-22-. The Morgan fingerprint density at radius 2 is 1.42 bits per heavy atom. The first-order chi connectivity index (χ1) is 16.2. The second kappa shape index (κ2) is 11.1. The van der Waals surface area contributed by atoms with E-state index in [-0.39, 0.29) is 17.5 Å². The van der Waals surface area contributed by atoms with E-state index < -0.39 is 0 Å². The number of likely N-dealkylation sites (N-methyl/N-ethyl adjacent to an activating group) is 1. The molecule has 0 spiro atoms. The minimum Gasteiger partial charge on any atom is -0.374 e. The molecule has 33 heavy (non-hydrogen) atoms. The fourth-order valence-electron chi connectivity index (χ4n) is 4.76.